The predicted molar refractivity (Wildman–Crippen MR) is 52.6 cm³/mol. The summed E-state index contributed by atoms with van der Waals surface area (Å²) in [5, 5.41) is 13.0. The van der Waals surface area contributed by atoms with Crippen LogP contribution in [0.25, 0.3) is 0 Å². The van der Waals surface area contributed by atoms with Gasteiger partial charge in [0.05, 0.1) is 0 Å². The van der Waals surface area contributed by atoms with Gasteiger partial charge in [-0.15, -0.1) is 0 Å². The maximum atomic E-state index is 9.62. The van der Waals surface area contributed by atoms with E-state index in [0.717, 1.165) is 18.5 Å². The molecular formula is C11H15NO. The summed E-state index contributed by atoms with van der Waals surface area (Å²) in [4.78, 5) is 0. The zero-order valence-corrected chi connectivity index (χ0v) is 7.83. The van der Waals surface area contributed by atoms with Gasteiger partial charge in [0.15, 0.2) is 0 Å². The minimum Gasteiger partial charge on any atom is -0.508 e. The first-order valence-corrected chi connectivity index (χ1v) is 4.78. The van der Waals surface area contributed by atoms with E-state index in [1.807, 2.05) is 18.2 Å². The maximum absolute atomic E-state index is 9.62. The predicted octanol–water partition coefficient (Wildman–Crippen LogP) is 2.06. The van der Waals surface area contributed by atoms with Gasteiger partial charge >= 0.3 is 0 Å². The molecule has 2 unspecified atom stereocenters. The van der Waals surface area contributed by atoms with Crippen LogP contribution in [-0.2, 0) is 0 Å². The van der Waals surface area contributed by atoms with E-state index in [2.05, 4.69) is 12.2 Å². The number of hydrogen-bond donors (Lipinski definition) is 2. The van der Waals surface area contributed by atoms with E-state index in [1.165, 1.54) is 0 Å². The molecule has 70 valence electrons. The Morgan fingerprint density at radius 3 is 2.77 bits per heavy atom. The number of aromatic hydroxyl groups is 1. The van der Waals surface area contributed by atoms with E-state index >= 15 is 0 Å². The van der Waals surface area contributed by atoms with E-state index in [4.69, 9.17) is 0 Å². The van der Waals surface area contributed by atoms with Crippen molar-refractivity contribution in [1.29, 1.82) is 0 Å². The molecule has 1 aliphatic rings. The lowest BCUT2D eigenvalue weighted by Gasteiger charge is -2.11. The van der Waals surface area contributed by atoms with E-state index < -0.39 is 0 Å². The molecule has 1 aromatic carbocycles. The van der Waals surface area contributed by atoms with Gasteiger partial charge in [-0.2, -0.15) is 0 Å². The van der Waals surface area contributed by atoms with Gasteiger partial charge in [-0.05, 0) is 24.9 Å². The number of phenolic OH excluding ortho intramolecular Hbond substituents is 1. The van der Waals surface area contributed by atoms with Crippen LogP contribution in [0.4, 0.5) is 0 Å². The van der Waals surface area contributed by atoms with Gasteiger partial charge in [-0.1, -0.05) is 25.1 Å². The van der Waals surface area contributed by atoms with Crippen LogP contribution in [0.2, 0.25) is 0 Å². The third kappa shape index (κ3) is 1.68. The van der Waals surface area contributed by atoms with Crippen molar-refractivity contribution in [3.63, 3.8) is 0 Å². The fourth-order valence-corrected chi connectivity index (χ4v) is 1.93. The molecule has 2 nitrogen and oxygen atoms in total. The fraction of sp³-hybridized carbons (Fsp3) is 0.455. The minimum absolute atomic E-state index is 0.344. The second-order valence-corrected chi connectivity index (χ2v) is 3.86. The molecule has 1 fully saturated rings. The SMILES string of the molecule is CC1CNC(c2ccccc2O)C1. The maximum Gasteiger partial charge on any atom is 0.120 e. The Hall–Kier alpha value is -1.02. The summed E-state index contributed by atoms with van der Waals surface area (Å²) in [6, 6.07) is 7.92. The van der Waals surface area contributed by atoms with Crippen LogP contribution in [-0.4, -0.2) is 11.7 Å². The van der Waals surface area contributed by atoms with Crippen LogP contribution in [0.3, 0.4) is 0 Å². The summed E-state index contributed by atoms with van der Waals surface area (Å²) >= 11 is 0. The molecule has 0 amide bonds. The molecule has 13 heavy (non-hydrogen) atoms. The molecule has 0 aromatic heterocycles. The normalized spacial score (nSPS) is 27.8. The summed E-state index contributed by atoms with van der Waals surface area (Å²) in [5.74, 6) is 1.12. The Balaban J connectivity index is 2.21. The Labute approximate surface area is 78.6 Å². The van der Waals surface area contributed by atoms with Gasteiger partial charge in [0, 0.05) is 11.6 Å². The molecule has 2 rings (SSSR count). The van der Waals surface area contributed by atoms with Crippen molar-refractivity contribution in [2.45, 2.75) is 19.4 Å². The minimum atomic E-state index is 0.344. The van der Waals surface area contributed by atoms with E-state index in [0.29, 0.717) is 17.7 Å². The number of phenols is 1. The monoisotopic (exact) mass is 177 g/mol. The Morgan fingerprint density at radius 1 is 1.38 bits per heavy atom. The summed E-state index contributed by atoms with van der Waals surface area (Å²) in [6.45, 7) is 3.28. The van der Waals surface area contributed by atoms with E-state index in [9.17, 15) is 5.11 Å². The number of para-hydroxylation sites is 1. The second kappa shape index (κ2) is 3.38. The average molecular weight is 177 g/mol. The largest absolute Gasteiger partial charge is 0.508 e. The zero-order chi connectivity index (χ0) is 9.26. The number of nitrogens with one attached hydrogen (secondary N) is 1. The molecule has 0 spiro atoms. The third-order valence-electron chi connectivity index (χ3n) is 2.66. The van der Waals surface area contributed by atoms with Gasteiger partial charge in [-0.3, -0.25) is 0 Å². The summed E-state index contributed by atoms with van der Waals surface area (Å²) in [5.41, 5.74) is 1.03. The topological polar surface area (TPSA) is 32.3 Å². The van der Waals surface area contributed by atoms with Gasteiger partial charge < -0.3 is 10.4 Å². The highest BCUT2D eigenvalue weighted by atomic mass is 16.3. The first-order chi connectivity index (χ1) is 6.27. The van der Waals surface area contributed by atoms with Crippen molar-refractivity contribution >= 4 is 0 Å². The van der Waals surface area contributed by atoms with Crippen molar-refractivity contribution in [1.82, 2.24) is 5.32 Å². The molecule has 1 aliphatic heterocycles. The third-order valence-corrected chi connectivity index (χ3v) is 2.66. The molecule has 0 bridgehead atoms. The highest BCUT2D eigenvalue weighted by molar-refractivity contribution is 5.35. The smallest absolute Gasteiger partial charge is 0.120 e. The molecule has 1 saturated heterocycles. The van der Waals surface area contributed by atoms with Gasteiger partial charge in [0.1, 0.15) is 5.75 Å². The van der Waals surface area contributed by atoms with Crippen molar-refractivity contribution in [2.75, 3.05) is 6.54 Å². The van der Waals surface area contributed by atoms with E-state index in [1.54, 1.807) is 6.07 Å². The van der Waals surface area contributed by atoms with Crippen LogP contribution in [0.1, 0.15) is 24.9 Å². The van der Waals surface area contributed by atoms with Crippen LogP contribution >= 0.6 is 0 Å². The Morgan fingerprint density at radius 2 is 2.15 bits per heavy atom. The van der Waals surface area contributed by atoms with Gasteiger partial charge in [-0.25, -0.2) is 0 Å². The molecule has 0 saturated carbocycles. The molecule has 2 N–H and O–H groups in total. The lowest BCUT2D eigenvalue weighted by atomic mass is 10.0. The van der Waals surface area contributed by atoms with Crippen molar-refractivity contribution in [3.05, 3.63) is 29.8 Å². The zero-order valence-electron chi connectivity index (χ0n) is 7.83. The molecule has 0 radical (unpaired) electrons. The van der Waals surface area contributed by atoms with Crippen LogP contribution < -0.4 is 5.32 Å². The lowest BCUT2D eigenvalue weighted by molar-refractivity contribution is 0.456. The van der Waals surface area contributed by atoms with Crippen molar-refractivity contribution in [3.8, 4) is 5.75 Å². The molecule has 1 heterocycles. The van der Waals surface area contributed by atoms with Gasteiger partial charge in [0.25, 0.3) is 0 Å². The Kier molecular flexibility index (Phi) is 2.23. The van der Waals surface area contributed by atoms with Crippen molar-refractivity contribution in [2.24, 2.45) is 5.92 Å². The second-order valence-electron chi connectivity index (χ2n) is 3.86. The molecule has 1 aromatic rings. The standard InChI is InChI=1S/C11H15NO/c1-8-6-10(12-7-8)9-4-2-3-5-11(9)13/h2-5,8,10,12-13H,6-7H2,1H3. The lowest BCUT2D eigenvalue weighted by Crippen LogP contribution is -2.13. The fourth-order valence-electron chi connectivity index (χ4n) is 1.93. The number of rotatable bonds is 1. The van der Waals surface area contributed by atoms with Crippen molar-refractivity contribution < 1.29 is 5.11 Å². The Bertz CT molecular complexity index is 298. The molecule has 2 heteroatoms. The highest BCUT2D eigenvalue weighted by Crippen LogP contribution is 2.31. The van der Waals surface area contributed by atoms with Crippen LogP contribution in [0, 0.1) is 5.92 Å². The van der Waals surface area contributed by atoms with E-state index in [-0.39, 0.29) is 0 Å². The number of benzene rings is 1. The summed E-state index contributed by atoms with van der Waals surface area (Å²) < 4.78 is 0. The first kappa shape index (κ1) is 8.57. The number of hydrogen-bond acceptors (Lipinski definition) is 2. The van der Waals surface area contributed by atoms with Crippen LogP contribution in [0.15, 0.2) is 24.3 Å². The highest BCUT2D eigenvalue weighted by Gasteiger charge is 2.23. The molecular weight excluding hydrogens is 162 g/mol. The summed E-state index contributed by atoms with van der Waals surface area (Å²) in [7, 11) is 0. The first-order valence-electron chi connectivity index (χ1n) is 4.78. The van der Waals surface area contributed by atoms with Crippen LogP contribution in [0.5, 0.6) is 5.75 Å². The average Bonchev–Trinajstić information content (AvgIpc) is 2.53. The van der Waals surface area contributed by atoms with Gasteiger partial charge in [0.2, 0.25) is 0 Å². The quantitative estimate of drug-likeness (QED) is 0.688. The molecule has 2 atom stereocenters. The molecule has 0 aliphatic carbocycles. The summed E-state index contributed by atoms with van der Waals surface area (Å²) in [6.07, 6.45) is 1.12.